The predicted molar refractivity (Wildman–Crippen MR) is 75.9 cm³/mol. The molecule has 0 bridgehead atoms. The molecule has 2 N–H and O–H groups in total. The molecular weight excluding hydrogens is 238 g/mol. The minimum Gasteiger partial charge on any atom is -0.339 e. The van der Waals surface area contributed by atoms with Crippen LogP contribution in [0.2, 0.25) is 0 Å². The molecule has 0 spiro atoms. The average Bonchev–Trinajstić information content (AvgIpc) is 2.94. The first kappa shape index (κ1) is 12.3. The number of nitrogens with zero attached hydrogens (tertiary/aromatic N) is 4. The maximum Gasteiger partial charge on any atom is 0.245 e. The van der Waals surface area contributed by atoms with Gasteiger partial charge in [-0.25, -0.2) is 4.98 Å². The van der Waals surface area contributed by atoms with E-state index < -0.39 is 0 Å². The number of nitrogens with two attached hydrogens (primary N) is 1. The number of hydrogen-bond acceptors (Lipinski definition) is 5. The number of anilines is 1. The summed E-state index contributed by atoms with van der Waals surface area (Å²) < 4.78 is 0. The van der Waals surface area contributed by atoms with Crippen molar-refractivity contribution >= 4 is 17.0 Å². The third-order valence-corrected chi connectivity index (χ3v) is 4.08. The van der Waals surface area contributed by atoms with Crippen LogP contribution in [0.5, 0.6) is 0 Å². The van der Waals surface area contributed by atoms with Crippen molar-refractivity contribution in [2.24, 2.45) is 11.7 Å². The summed E-state index contributed by atoms with van der Waals surface area (Å²) in [7, 11) is 2.05. The first-order valence-corrected chi connectivity index (χ1v) is 6.82. The summed E-state index contributed by atoms with van der Waals surface area (Å²) >= 11 is 0. The second-order valence-corrected chi connectivity index (χ2v) is 5.21. The first-order chi connectivity index (χ1) is 9.29. The molecule has 1 aliphatic carbocycles. The van der Waals surface area contributed by atoms with Crippen LogP contribution >= 0.6 is 0 Å². The minimum absolute atomic E-state index is 0.438. The lowest BCUT2D eigenvalue weighted by atomic mass is 10.0. The van der Waals surface area contributed by atoms with Crippen LogP contribution in [-0.2, 0) is 0 Å². The van der Waals surface area contributed by atoms with Gasteiger partial charge in [0, 0.05) is 13.1 Å². The molecule has 0 amide bonds. The minimum atomic E-state index is 0.438. The Morgan fingerprint density at radius 3 is 2.79 bits per heavy atom. The molecule has 100 valence electrons. The van der Waals surface area contributed by atoms with Gasteiger partial charge < -0.3 is 10.6 Å². The number of rotatable bonds is 3. The normalized spacial score (nSPS) is 22.8. The topological polar surface area (TPSA) is 67.9 Å². The highest BCUT2D eigenvalue weighted by molar-refractivity contribution is 5.74. The summed E-state index contributed by atoms with van der Waals surface area (Å²) in [6.07, 6.45) is 3.60. The molecule has 1 aliphatic rings. The van der Waals surface area contributed by atoms with Gasteiger partial charge >= 0.3 is 0 Å². The van der Waals surface area contributed by atoms with E-state index in [9.17, 15) is 0 Å². The van der Waals surface area contributed by atoms with Gasteiger partial charge in [-0.1, -0.05) is 18.6 Å². The third kappa shape index (κ3) is 2.26. The van der Waals surface area contributed by atoms with Crippen molar-refractivity contribution in [1.82, 2.24) is 15.2 Å². The van der Waals surface area contributed by atoms with Crippen molar-refractivity contribution < 1.29 is 0 Å². The van der Waals surface area contributed by atoms with Gasteiger partial charge in [-0.2, -0.15) is 0 Å². The van der Waals surface area contributed by atoms with Crippen molar-refractivity contribution in [2.45, 2.75) is 25.3 Å². The van der Waals surface area contributed by atoms with E-state index in [-0.39, 0.29) is 0 Å². The Hall–Kier alpha value is -1.75. The van der Waals surface area contributed by atoms with E-state index in [4.69, 9.17) is 5.73 Å². The van der Waals surface area contributed by atoms with E-state index >= 15 is 0 Å². The maximum atomic E-state index is 5.85. The van der Waals surface area contributed by atoms with Crippen LogP contribution in [0.3, 0.4) is 0 Å². The fourth-order valence-electron chi connectivity index (χ4n) is 2.97. The number of fused-ring (bicyclic) bond motifs is 1. The lowest BCUT2D eigenvalue weighted by Gasteiger charge is -2.28. The van der Waals surface area contributed by atoms with Gasteiger partial charge in [-0.15, -0.1) is 10.2 Å². The van der Waals surface area contributed by atoms with Crippen LogP contribution in [-0.4, -0.2) is 34.8 Å². The van der Waals surface area contributed by atoms with E-state index in [1.807, 2.05) is 31.3 Å². The molecule has 0 aliphatic heterocycles. The average molecular weight is 257 g/mol. The third-order valence-electron chi connectivity index (χ3n) is 4.08. The van der Waals surface area contributed by atoms with Crippen LogP contribution in [0.25, 0.3) is 11.0 Å². The molecule has 3 rings (SSSR count). The first-order valence-electron chi connectivity index (χ1n) is 6.82. The van der Waals surface area contributed by atoms with E-state index in [1.165, 1.54) is 12.8 Å². The number of para-hydroxylation sites is 1. The monoisotopic (exact) mass is 257 g/mol. The van der Waals surface area contributed by atoms with Crippen molar-refractivity contribution in [3.8, 4) is 0 Å². The molecule has 2 aromatic rings. The molecule has 1 heterocycles. The molecule has 1 aromatic heterocycles. The van der Waals surface area contributed by atoms with E-state index in [2.05, 4.69) is 20.1 Å². The van der Waals surface area contributed by atoms with Gasteiger partial charge in [0.05, 0.1) is 5.52 Å². The van der Waals surface area contributed by atoms with Gasteiger partial charge in [0.1, 0.15) is 5.52 Å². The van der Waals surface area contributed by atoms with Crippen LogP contribution in [0.4, 0.5) is 5.95 Å². The van der Waals surface area contributed by atoms with Crippen molar-refractivity contribution in [1.29, 1.82) is 0 Å². The Kier molecular flexibility index (Phi) is 3.29. The Morgan fingerprint density at radius 2 is 2.00 bits per heavy atom. The number of aromatic nitrogens is 3. The highest BCUT2D eigenvalue weighted by Crippen LogP contribution is 2.30. The second kappa shape index (κ2) is 5.09. The molecule has 2 atom stereocenters. The smallest absolute Gasteiger partial charge is 0.245 e. The quantitative estimate of drug-likeness (QED) is 0.904. The van der Waals surface area contributed by atoms with Crippen molar-refractivity contribution in [3.63, 3.8) is 0 Å². The van der Waals surface area contributed by atoms with Crippen molar-refractivity contribution in [2.75, 3.05) is 18.5 Å². The Balaban J connectivity index is 1.90. The summed E-state index contributed by atoms with van der Waals surface area (Å²) in [6.45, 7) is 0.732. The van der Waals surface area contributed by atoms with E-state index in [1.54, 1.807) is 0 Å². The Labute approximate surface area is 112 Å². The SMILES string of the molecule is CN(c1nnc2ccccc2n1)C1CCCC1CN. The largest absolute Gasteiger partial charge is 0.339 e. The van der Waals surface area contributed by atoms with Crippen molar-refractivity contribution in [3.05, 3.63) is 24.3 Å². The van der Waals surface area contributed by atoms with Gasteiger partial charge in [0.25, 0.3) is 0 Å². The molecule has 5 nitrogen and oxygen atoms in total. The molecular formula is C14H19N5. The molecule has 1 saturated carbocycles. The number of hydrogen-bond donors (Lipinski definition) is 1. The number of benzene rings is 1. The van der Waals surface area contributed by atoms with E-state index in [0.29, 0.717) is 17.9 Å². The van der Waals surface area contributed by atoms with E-state index in [0.717, 1.165) is 24.0 Å². The summed E-state index contributed by atoms with van der Waals surface area (Å²) in [5.41, 5.74) is 7.57. The fraction of sp³-hybridized carbons (Fsp3) is 0.500. The summed E-state index contributed by atoms with van der Waals surface area (Å²) in [4.78, 5) is 6.74. The van der Waals surface area contributed by atoms with Gasteiger partial charge in [-0.3, -0.25) is 0 Å². The standard InChI is InChI=1S/C14H19N5/c1-19(13-8-4-5-10(13)9-15)14-16-11-6-2-3-7-12(11)17-18-14/h2-3,6-7,10,13H,4-5,8-9,15H2,1H3. The molecule has 1 fully saturated rings. The second-order valence-electron chi connectivity index (χ2n) is 5.21. The summed E-state index contributed by atoms with van der Waals surface area (Å²) in [5, 5.41) is 8.48. The fourth-order valence-corrected chi connectivity index (χ4v) is 2.97. The predicted octanol–water partition coefficient (Wildman–Crippen LogP) is 1.59. The van der Waals surface area contributed by atoms with Crippen LogP contribution in [0, 0.1) is 5.92 Å². The molecule has 0 radical (unpaired) electrons. The Morgan fingerprint density at radius 1 is 1.21 bits per heavy atom. The summed E-state index contributed by atoms with van der Waals surface area (Å²) in [5.74, 6) is 1.24. The molecule has 5 heteroatoms. The molecule has 2 unspecified atom stereocenters. The Bertz CT molecular complexity index is 571. The zero-order chi connectivity index (χ0) is 13.2. The van der Waals surface area contributed by atoms with Crippen LogP contribution < -0.4 is 10.6 Å². The zero-order valence-electron chi connectivity index (χ0n) is 11.2. The zero-order valence-corrected chi connectivity index (χ0v) is 11.2. The maximum absolute atomic E-state index is 5.85. The lowest BCUT2D eigenvalue weighted by molar-refractivity contribution is 0.469. The van der Waals surface area contributed by atoms with Crippen LogP contribution in [0.15, 0.2) is 24.3 Å². The van der Waals surface area contributed by atoms with Crippen LogP contribution in [0.1, 0.15) is 19.3 Å². The molecule has 19 heavy (non-hydrogen) atoms. The van der Waals surface area contributed by atoms with Gasteiger partial charge in [0.2, 0.25) is 5.95 Å². The summed E-state index contributed by atoms with van der Waals surface area (Å²) in [6, 6.07) is 8.25. The highest BCUT2D eigenvalue weighted by atomic mass is 15.3. The molecule has 1 aromatic carbocycles. The highest BCUT2D eigenvalue weighted by Gasteiger charge is 2.30. The molecule has 0 saturated heterocycles. The van der Waals surface area contributed by atoms with Gasteiger partial charge in [0.15, 0.2) is 0 Å². The lowest BCUT2D eigenvalue weighted by Crippen LogP contribution is -2.38. The van der Waals surface area contributed by atoms with Gasteiger partial charge in [-0.05, 0) is 37.4 Å².